The Bertz CT molecular complexity index is 1280. The van der Waals surface area contributed by atoms with Gasteiger partial charge in [-0.25, -0.2) is 18.0 Å². The highest BCUT2D eigenvalue weighted by Gasteiger charge is 2.35. The number of carboxylic acids is 1. The lowest BCUT2D eigenvalue weighted by Crippen LogP contribution is -2.37. The molecule has 1 unspecified atom stereocenters. The number of amides is 1. The Morgan fingerprint density at radius 1 is 1.11 bits per heavy atom. The molecule has 1 aliphatic carbocycles. The largest absolute Gasteiger partial charge is 0.618 e. The van der Waals surface area contributed by atoms with Crippen molar-refractivity contribution in [2.75, 3.05) is 5.32 Å². The average Bonchev–Trinajstić information content (AvgIpc) is 3.64. The number of halogens is 4. The van der Waals surface area contributed by atoms with Crippen LogP contribution in [0.1, 0.15) is 53.2 Å². The van der Waals surface area contributed by atoms with Gasteiger partial charge >= 0.3 is 5.97 Å². The van der Waals surface area contributed by atoms with Crippen LogP contribution >= 0.6 is 11.6 Å². The van der Waals surface area contributed by atoms with Gasteiger partial charge in [0.25, 0.3) is 6.43 Å². The molecular weight excluding hydrogens is 485 g/mol. The lowest BCUT2D eigenvalue weighted by molar-refractivity contribution is -0.614. The van der Waals surface area contributed by atoms with Gasteiger partial charge in [0.05, 0.1) is 16.1 Å². The number of hydrogen-bond donors (Lipinski definition) is 2. The van der Waals surface area contributed by atoms with Crippen LogP contribution in [0.2, 0.25) is 5.02 Å². The molecule has 0 saturated heterocycles. The molecule has 182 valence electrons. The molecule has 1 fully saturated rings. The van der Waals surface area contributed by atoms with E-state index in [2.05, 4.69) is 5.32 Å². The fourth-order valence-corrected chi connectivity index (χ4v) is 4.08. The third-order valence-corrected chi connectivity index (χ3v) is 6.23. The van der Waals surface area contributed by atoms with Crippen molar-refractivity contribution in [3.63, 3.8) is 0 Å². The maximum atomic E-state index is 14.7. The number of nitrogens with one attached hydrogen (secondary N) is 1. The van der Waals surface area contributed by atoms with Crippen LogP contribution in [-0.4, -0.2) is 17.0 Å². The molecule has 1 heterocycles. The third-order valence-electron chi connectivity index (χ3n) is 5.93. The number of carbonyl (C=O) groups is 2. The van der Waals surface area contributed by atoms with Crippen LogP contribution < -0.4 is 10.0 Å². The first-order valence-corrected chi connectivity index (χ1v) is 11.2. The number of pyridine rings is 1. The fourth-order valence-electron chi connectivity index (χ4n) is 3.93. The number of carbonyl (C=O) groups excluding carboxylic acids is 1. The molecule has 10 heteroatoms. The minimum atomic E-state index is -2.99. The summed E-state index contributed by atoms with van der Waals surface area (Å²) >= 11 is 5.78. The molecule has 0 aliphatic heterocycles. The summed E-state index contributed by atoms with van der Waals surface area (Å²) in [6.07, 6.45) is 0.204. The number of nitrogens with zero attached hydrogens (tertiary/aromatic N) is 1. The minimum Gasteiger partial charge on any atom is -0.618 e. The number of rotatable bonds is 8. The van der Waals surface area contributed by atoms with Gasteiger partial charge in [0.2, 0.25) is 11.6 Å². The van der Waals surface area contributed by atoms with Crippen LogP contribution in [0.25, 0.3) is 11.1 Å². The molecule has 4 rings (SSSR count). The molecule has 1 amide bonds. The number of hydrogen-bond acceptors (Lipinski definition) is 3. The van der Waals surface area contributed by atoms with Crippen molar-refractivity contribution in [2.24, 2.45) is 5.92 Å². The van der Waals surface area contributed by atoms with Gasteiger partial charge in [-0.2, -0.15) is 4.73 Å². The molecule has 35 heavy (non-hydrogen) atoms. The Hall–Kier alpha value is -3.59. The van der Waals surface area contributed by atoms with Crippen molar-refractivity contribution >= 4 is 29.2 Å². The molecule has 1 saturated carbocycles. The van der Waals surface area contributed by atoms with Gasteiger partial charge < -0.3 is 15.6 Å². The van der Waals surface area contributed by atoms with Crippen molar-refractivity contribution in [3.05, 3.63) is 87.6 Å². The van der Waals surface area contributed by atoms with Crippen LogP contribution in [0.5, 0.6) is 0 Å². The summed E-state index contributed by atoms with van der Waals surface area (Å²) in [4.78, 5) is 24.1. The van der Waals surface area contributed by atoms with E-state index in [1.807, 2.05) is 0 Å². The summed E-state index contributed by atoms with van der Waals surface area (Å²) in [5.41, 5.74) is -0.656. The predicted molar refractivity (Wildman–Crippen MR) is 123 cm³/mol. The predicted octanol–water partition coefficient (Wildman–Crippen LogP) is 5.94. The Morgan fingerprint density at radius 3 is 2.37 bits per heavy atom. The second-order valence-corrected chi connectivity index (χ2v) is 8.81. The molecule has 0 spiro atoms. The summed E-state index contributed by atoms with van der Waals surface area (Å²) < 4.78 is 42.0. The van der Waals surface area contributed by atoms with Gasteiger partial charge in [-0.05, 0) is 48.7 Å². The SMILES string of the molecule is O=C(O)c1ccc(NC(=O)C(CC2CC2)c2ccc(-c3c(C(F)F)ccc(Cl)c3F)c[n+]2[O-])cc1. The third kappa shape index (κ3) is 5.40. The van der Waals surface area contributed by atoms with Crippen LogP contribution in [0.3, 0.4) is 0 Å². The number of aromatic nitrogens is 1. The van der Waals surface area contributed by atoms with E-state index < -0.39 is 41.2 Å². The Morgan fingerprint density at radius 2 is 1.80 bits per heavy atom. The summed E-state index contributed by atoms with van der Waals surface area (Å²) in [5, 5.41) is 24.3. The summed E-state index contributed by atoms with van der Waals surface area (Å²) in [7, 11) is 0. The highest BCUT2D eigenvalue weighted by molar-refractivity contribution is 6.31. The first-order valence-electron chi connectivity index (χ1n) is 10.8. The first-order chi connectivity index (χ1) is 16.7. The van der Waals surface area contributed by atoms with Crippen molar-refractivity contribution in [3.8, 4) is 11.1 Å². The lowest BCUT2D eigenvalue weighted by Gasteiger charge is -2.18. The van der Waals surface area contributed by atoms with E-state index in [0.717, 1.165) is 31.2 Å². The Balaban J connectivity index is 1.65. The van der Waals surface area contributed by atoms with E-state index in [1.54, 1.807) is 0 Å². The van der Waals surface area contributed by atoms with Crippen molar-refractivity contribution in [1.29, 1.82) is 0 Å². The summed E-state index contributed by atoms with van der Waals surface area (Å²) in [6.45, 7) is 0. The van der Waals surface area contributed by atoms with Crippen molar-refractivity contribution in [2.45, 2.75) is 31.6 Å². The normalized spacial score (nSPS) is 14.1. The smallest absolute Gasteiger partial charge is 0.335 e. The highest BCUT2D eigenvalue weighted by atomic mass is 35.5. The monoisotopic (exact) mass is 504 g/mol. The van der Waals surface area contributed by atoms with Gasteiger partial charge in [-0.3, -0.25) is 4.79 Å². The van der Waals surface area contributed by atoms with E-state index in [9.17, 15) is 28.0 Å². The quantitative estimate of drug-likeness (QED) is 0.293. The average molecular weight is 505 g/mol. The van der Waals surface area contributed by atoms with E-state index in [4.69, 9.17) is 16.7 Å². The molecule has 0 bridgehead atoms. The van der Waals surface area contributed by atoms with Crippen LogP contribution in [0.15, 0.2) is 54.7 Å². The fraction of sp³-hybridized carbons (Fsp3) is 0.240. The molecule has 3 aromatic rings. The number of benzene rings is 2. The van der Waals surface area contributed by atoms with Crippen molar-refractivity contribution in [1.82, 2.24) is 0 Å². The number of carboxylic acid groups (broad SMARTS) is 1. The zero-order valence-corrected chi connectivity index (χ0v) is 18.9. The van der Waals surface area contributed by atoms with Crippen LogP contribution in [0.4, 0.5) is 18.9 Å². The molecule has 2 aromatic carbocycles. The van der Waals surface area contributed by atoms with Crippen LogP contribution in [0, 0.1) is 16.9 Å². The minimum absolute atomic E-state index is 0.0573. The van der Waals surface area contributed by atoms with E-state index >= 15 is 0 Å². The Labute approximate surface area is 203 Å². The van der Waals surface area contributed by atoms with Gasteiger partial charge in [0, 0.05) is 22.9 Å². The molecule has 1 atom stereocenters. The second-order valence-electron chi connectivity index (χ2n) is 8.40. The number of anilines is 1. The van der Waals surface area contributed by atoms with Gasteiger partial charge in [0.1, 0.15) is 11.7 Å². The summed E-state index contributed by atoms with van der Waals surface area (Å²) in [5.74, 6) is -3.23. The summed E-state index contributed by atoms with van der Waals surface area (Å²) in [6, 6.07) is 10.3. The van der Waals surface area contributed by atoms with Gasteiger partial charge in [-0.15, -0.1) is 0 Å². The lowest BCUT2D eigenvalue weighted by atomic mass is 9.94. The van der Waals surface area contributed by atoms with Gasteiger partial charge in [-0.1, -0.05) is 30.5 Å². The second kappa shape index (κ2) is 9.95. The maximum absolute atomic E-state index is 14.7. The van der Waals surface area contributed by atoms with Crippen LogP contribution in [-0.2, 0) is 4.79 Å². The zero-order chi connectivity index (χ0) is 25.3. The molecule has 0 radical (unpaired) electrons. The molecule has 6 nitrogen and oxygen atoms in total. The number of alkyl halides is 2. The van der Waals surface area contributed by atoms with Crippen molar-refractivity contribution < 1.29 is 32.6 Å². The molecule has 1 aromatic heterocycles. The standard InChI is InChI=1S/C25H20ClF3N2O4/c26-19-9-8-17(23(28)29)21(22(19)27)15-5-10-20(31(35)12-15)18(11-13-1-2-13)24(32)30-16-6-3-14(4-7-16)25(33)34/h3-10,12-13,18,23H,1-2,11H2,(H,30,32)(H,33,34). The number of aromatic carboxylic acids is 1. The highest BCUT2D eigenvalue weighted by Crippen LogP contribution is 2.40. The molecule has 2 N–H and O–H groups in total. The molecule has 1 aliphatic rings. The first kappa shape index (κ1) is 24.5. The van der Waals surface area contributed by atoms with E-state index in [1.165, 1.54) is 36.4 Å². The molecular formula is C25H20ClF3N2O4. The van der Waals surface area contributed by atoms with E-state index in [0.29, 0.717) is 16.8 Å². The maximum Gasteiger partial charge on any atom is 0.335 e. The Kier molecular flexibility index (Phi) is 6.98. The topological polar surface area (TPSA) is 93.3 Å². The van der Waals surface area contributed by atoms with E-state index in [-0.39, 0.29) is 27.8 Å². The van der Waals surface area contributed by atoms with Gasteiger partial charge in [0.15, 0.2) is 6.20 Å². The zero-order valence-electron chi connectivity index (χ0n) is 18.2.